The van der Waals surface area contributed by atoms with Crippen molar-refractivity contribution in [3.05, 3.63) is 51.7 Å². The molecule has 1 N–H and O–H groups in total. The summed E-state index contributed by atoms with van der Waals surface area (Å²) in [6, 6.07) is 11.0. The van der Waals surface area contributed by atoms with E-state index in [1.807, 2.05) is 18.3 Å². The second kappa shape index (κ2) is 8.20. The van der Waals surface area contributed by atoms with Gasteiger partial charge in [-0.25, -0.2) is 0 Å². The van der Waals surface area contributed by atoms with Gasteiger partial charge in [-0.05, 0) is 61.0 Å². The largest absolute Gasteiger partial charge is 0.494 e. The Morgan fingerprint density at radius 3 is 2.48 bits per heavy atom. The molecule has 2 nitrogen and oxygen atoms in total. The summed E-state index contributed by atoms with van der Waals surface area (Å²) in [7, 11) is 0. The van der Waals surface area contributed by atoms with Crippen LogP contribution in [0.15, 0.2) is 35.7 Å². The summed E-state index contributed by atoms with van der Waals surface area (Å²) in [6.07, 6.45) is 2.22. The summed E-state index contributed by atoms with van der Waals surface area (Å²) in [5.74, 6) is 0.942. The van der Waals surface area contributed by atoms with Crippen LogP contribution in [0.25, 0.3) is 0 Å². The minimum atomic E-state index is 0.288. The van der Waals surface area contributed by atoms with Crippen LogP contribution in [0.4, 0.5) is 0 Å². The number of hydrogen-bond acceptors (Lipinski definition) is 3. The fraction of sp³-hybridized carbons (Fsp3) is 0.444. The SMILES string of the molecule is CCCNC(c1ccc(OCC)cc1)c1sccc1CC. The molecule has 1 aromatic carbocycles. The molecule has 0 aliphatic heterocycles. The van der Waals surface area contributed by atoms with Gasteiger partial charge in [0.1, 0.15) is 5.75 Å². The van der Waals surface area contributed by atoms with Gasteiger partial charge < -0.3 is 10.1 Å². The maximum absolute atomic E-state index is 5.54. The number of benzene rings is 1. The monoisotopic (exact) mass is 303 g/mol. The maximum atomic E-state index is 5.54. The van der Waals surface area contributed by atoms with Gasteiger partial charge in [0.05, 0.1) is 12.6 Å². The molecule has 2 aromatic rings. The first-order chi connectivity index (χ1) is 10.3. The van der Waals surface area contributed by atoms with Gasteiger partial charge in [-0.1, -0.05) is 26.0 Å². The molecule has 0 radical (unpaired) electrons. The van der Waals surface area contributed by atoms with Crippen molar-refractivity contribution in [2.75, 3.05) is 13.2 Å². The van der Waals surface area contributed by atoms with Crippen molar-refractivity contribution in [3.63, 3.8) is 0 Å². The minimum absolute atomic E-state index is 0.288. The lowest BCUT2D eigenvalue weighted by Gasteiger charge is -2.20. The molecule has 0 spiro atoms. The number of thiophene rings is 1. The molecule has 0 amide bonds. The first-order valence-electron chi connectivity index (χ1n) is 7.82. The highest BCUT2D eigenvalue weighted by Gasteiger charge is 2.17. The molecule has 1 heterocycles. The quantitative estimate of drug-likeness (QED) is 0.756. The number of hydrogen-bond donors (Lipinski definition) is 1. The van der Waals surface area contributed by atoms with E-state index in [1.54, 1.807) is 0 Å². The normalized spacial score (nSPS) is 12.3. The molecule has 0 saturated heterocycles. The molecular weight excluding hydrogens is 278 g/mol. The molecule has 0 saturated carbocycles. The van der Waals surface area contributed by atoms with Gasteiger partial charge >= 0.3 is 0 Å². The van der Waals surface area contributed by atoms with Crippen molar-refractivity contribution in [2.24, 2.45) is 0 Å². The lowest BCUT2D eigenvalue weighted by Crippen LogP contribution is -2.23. The summed E-state index contributed by atoms with van der Waals surface area (Å²) in [4.78, 5) is 1.44. The molecule has 3 heteroatoms. The molecule has 1 aromatic heterocycles. The van der Waals surface area contributed by atoms with Crippen molar-refractivity contribution < 1.29 is 4.74 Å². The topological polar surface area (TPSA) is 21.3 Å². The van der Waals surface area contributed by atoms with Gasteiger partial charge in [-0.15, -0.1) is 11.3 Å². The number of nitrogens with one attached hydrogen (secondary N) is 1. The van der Waals surface area contributed by atoms with E-state index >= 15 is 0 Å². The van der Waals surface area contributed by atoms with Gasteiger partial charge in [0.15, 0.2) is 0 Å². The summed E-state index contributed by atoms with van der Waals surface area (Å²) in [5, 5.41) is 5.88. The third-order valence-electron chi connectivity index (χ3n) is 3.55. The lowest BCUT2D eigenvalue weighted by molar-refractivity contribution is 0.340. The Bertz CT molecular complexity index is 532. The zero-order chi connectivity index (χ0) is 15.1. The van der Waals surface area contributed by atoms with E-state index in [0.29, 0.717) is 6.61 Å². The van der Waals surface area contributed by atoms with Gasteiger partial charge in [0.25, 0.3) is 0 Å². The lowest BCUT2D eigenvalue weighted by atomic mass is 10.0. The van der Waals surface area contributed by atoms with Crippen molar-refractivity contribution in [1.29, 1.82) is 0 Å². The highest BCUT2D eigenvalue weighted by molar-refractivity contribution is 7.10. The first kappa shape index (κ1) is 16.1. The molecule has 1 unspecified atom stereocenters. The third-order valence-corrected chi connectivity index (χ3v) is 4.57. The van der Waals surface area contributed by atoms with Crippen LogP contribution in [0, 0.1) is 0 Å². The number of rotatable bonds is 8. The molecule has 0 aliphatic rings. The van der Waals surface area contributed by atoms with Crippen LogP contribution in [-0.2, 0) is 6.42 Å². The van der Waals surface area contributed by atoms with Gasteiger partial charge in [0.2, 0.25) is 0 Å². The van der Waals surface area contributed by atoms with Crippen LogP contribution in [0.1, 0.15) is 49.2 Å². The average molecular weight is 303 g/mol. The van der Waals surface area contributed by atoms with E-state index in [1.165, 1.54) is 16.0 Å². The summed E-state index contributed by atoms with van der Waals surface area (Å²) < 4.78 is 5.54. The molecule has 0 aliphatic carbocycles. The minimum Gasteiger partial charge on any atom is -0.494 e. The fourth-order valence-electron chi connectivity index (χ4n) is 2.47. The zero-order valence-electron chi connectivity index (χ0n) is 13.2. The second-order valence-electron chi connectivity index (χ2n) is 5.05. The Kier molecular flexibility index (Phi) is 6.27. The van der Waals surface area contributed by atoms with Crippen molar-refractivity contribution in [2.45, 2.75) is 39.7 Å². The Labute approximate surface area is 132 Å². The molecule has 0 fully saturated rings. The maximum Gasteiger partial charge on any atom is 0.119 e. The van der Waals surface area contributed by atoms with Crippen LogP contribution < -0.4 is 10.1 Å². The van der Waals surface area contributed by atoms with Gasteiger partial charge in [0, 0.05) is 4.88 Å². The molecular formula is C18H25NOS. The predicted octanol–water partition coefficient (Wildman–Crippen LogP) is 4.80. The second-order valence-corrected chi connectivity index (χ2v) is 6.00. The predicted molar refractivity (Wildman–Crippen MR) is 91.4 cm³/mol. The Hall–Kier alpha value is -1.32. The van der Waals surface area contributed by atoms with Crippen LogP contribution in [-0.4, -0.2) is 13.2 Å². The summed E-state index contributed by atoms with van der Waals surface area (Å²) >= 11 is 1.85. The highest BCUT2D eigenvalue weighted by Crippen LogP contribution is 2.31. The summed E-state index contributed by atoms with van der Waals surface area (Å²) in [5.41, 5.74) is 2.76. The van der Waals surface area contributed by atoms with Crippen LogP contribution >= 0.6 is 11.3 Å². The van der Waals surface area contributed by atoms with Crippen molar-refractivity contribution in [1.82, 2.24) is 5.32 Å². The Balaban J connectivity index is 2.26. The smallest absolute Gasteiger partial charge is 0.119 e. The van der Waals surface area contributed by atoms with E-state index in [-0.39, 0.29) is 6.04 Å². The zero-order valence-corrected chi connectivity index (χ0v) is 14.0. The van der Waals surface area contributed by atoms with Gasteiger partial charge in [-0.2, -0.15) is 0 Å². The highest BCUT2D eigenvalue weighted by atomic mass is 32.1. The molecule has 114 valence electrons. The molecule has 1 atom stereocenters. The molecule has 0 bridgehead atoms. The van der Waals surface area contributed by atoms with Crippen LogP contribution in [0.3, 0.4) is 0 Å². The van der Waals surface area contributed by atoms with E-state index in [2.05, 4.69) is 54.9 Å². The van der Waals surface area contributed by atoms with E-state index in [9.17, 15) is 0 Å². The fourth-order valence-corrected chi connectivity index (χ4v) is 3.56. The van der Waals surface area contributed by atoms with Crippen molar-refractivity contribution in [3.8, 4) is 5.75 Å². The Morgan fingerprint density at radius 2 is 1.86 bits per heavy atom. The Morgan fingerprint density at radius 1 is 1.10 bits per heavy atom. The van der Waals surface area contributed by atoms with E-state index < -0.39 is 0 Å². The van der Waals surface area contributed by atoms with E-state index in [0.717, 1.165) is 25.1 Å². The number of aryl methyl sites for hydroxylation is 1. The number of ether oxygens (including phenoxy) is 1. The van der Waals surface area contributed by atoms with Crippen molar-refractivity contribution >= 4 is 11.3 Å². The van der Waals surface area contributed by atoms with E-state index in [4.69, 9.17) is 4.74 Å². The van der Waals surface area contributed by atoms with Crippen LogP contribution in [0.5, 0.6) is 5.75 Å². The summed E-state index contributed by atoms with van der Waals surface area (Å²) in [6.45, 7) is 8.18. The molecule has 21 heavy (non-hydrogen) atoms. The van der Waals surface area contributed by atoms with Gasteiger partial charge in [-0.3, -0.25) is 0 Å². The standard InChI is InChI=1S/C18H25NOS/c1-4-12-19-17(18-14(5-2)11-13-21-18)15-7-9-16(10-8-15)20-6-3/h7-11,13,17,19H,4-6,12H2,1-3H3. The van der Waals surface area contributed by atoms with Crippen LogP contribution in [0.2, 0.25) is 0 Å². The first-order valence-corrected chi connectivity index (χ1v) is 8.70. The average Bonchev–Trinajstić information content (AvgIpc) is 2.98. The molecule has 2 rings (SSSR count). The third kappa shape index (κ3) is 4.08.